The highest BCUT2D eigenvalue weighted by atomic mass is 19.4. The largest absolute Gasteiger partial charge is 0.393 e. The highest BCUT2D eigenvalue weighted by Gasteiger charge is 2.31. The summed E-state index contributed by atoms with van der Waals surface area (Å²) in [7, 11) is 0. The summed E-state index contributed by atoms with van der Waals surface area (Å²) >= 11 is 0. The van der Waals surface area contributed by atoms with Gasteiger partial charge in [-0.3, -0.25) is 0 Å². The van der Waals surface area contributed by atoms with Crippen molar-refractivity contribution in [2.75, 3.05) is 19.6 Å². The Morgan fingerprint density at radius 2 is 2.07 bits per heavy atom. The minimum atomic E-state index is -4.07. The molecule has 1 N–H and O–H groups in total. The van der Waals surface area contributed by atoms with E-state index in [2.05, 4.69) is 0 Å². The molecule has 90 valence electrons. The summed E-state index contributed by atoms with van der Waals surface area (Å²) in [5, 5.41) is 9.57. The van der Waals surface area contributed by atoms with Crippen molar-refractivity contribution in [3.8, 4) is 0 Å². The number of nitrogens with zero attached hydrogens (tertiary/aromatic N) is 1. The lowest BCUT2D eigenvalue weighted by Gasteiger charge is -2.35. The van der Waals surface area contributed by atoms with Gasteiger partial charge < -0.3 is 10.0 Å². The monoisotopic (exact) mass is 225 g/mol. The molecule has 0 saturated carbocycles. The van der Waals surface area contributed by atoms with Crippen LogP contribution in [0, 0.1) is 5.92 Å². The van der Waals surface area contributed by atoms with Gasteiger partial charge in [-0.25, -0.2) is 0 Å². The van der Waals surface area contributed by atoms with Gasteiger partial charge in [0, 0.05) is 19.6 Å². The Morgan fingerprint density at radius 1 is 1.40 bits per heavy atom. The first kappa shape index (κ1) is 12.8. The molecule has 1 heterocycles. The fourth-order valence-electron chi connectivity index (χ4n) is 1.98. The first-order valence-corrected chi connectivity index (χ1v) is 5.39. The molecule has 0 aromatic rings. The van der Waals surface area contributed by atoms with Gasteiger partial charge >= 0.3 is 6.18 Å². The molecule has 0 aromatic carbocycles. The summed E-state index contributed by atoms with van der Waals surface area (Å²) in [6.07, 6.45) is -3.74. The third-order valence-corrected chi connectivity index (χ3v) is 3.01. The van der Waals surface area contributed by atoms with Crippen LogP contribution >= 0.6 is 0 Å². The number of aliphatic hydroxyl groups excluding tert-OH is 1. The second-order valence-corrected chi connectivity index (χ2v) is 4.19. The number of aliphatic hydroxyl groups is 1. The van der Waals surface area contributed by atoms with Crippen molar-refractivity contribution >= 4 is 0 Å². The standard InChI is InChI=1S/C10H18F3NO/c1-2-8-7-14(5-3-9(8)15)6-4-10(11,12)13/h8-9,15H,2-7H2,1H3. The Labute approximate surface area is 88.1 Å². The molecule has 0 aromatic heterocycles. The van der Waals surface area contributed by atoms with Crippen molar-refractivity contribution in [1.29, 1.82) is 0 Å². The lowest BCUT2D eigenvalue weighted by molar-refractivity contribution is -0.139. The summed E-state index contributed by atoms with van der Waals surface area (Å²) in [6, 6.07) is 0. The van der Waals surface area contributed by atoms with Crippen molar-refractivity contribution in [2.45, 2.75) is 38.5 Å². The normalized spacial score (nSPS) is 29.4. The Bertz CT molecular complexity index is 196. The van der Waals surface area contributed by atoms with Crippen LogP contribution in [0.5, 0.6) is 0 Å². The summed E-state index contributed by atoms with van der Waals surface area (Å²) in [5.41, 5.74) is 0. The van der Waals surface area contributed by atoms with Crippen LogP contribution in [0.25, 0.3) is 0 Å². The smallest absolute Gasteiger partial charge is 0.390 e. The molecule has 1 aliphatic rings. The van der Waals surface area contributed by atoms with Gasteiger partial charge in [0.25, 0.3) is 0 Å². The van der Waals surface area contributed by atoms with E-state index >= 15 is 0 Å². The Kier molecular flexibility index (Phi) is 4.40. The van der Waals surface area contributed by atoms with Crippen molar-refractivity contribution in [1.82, 2.24) is 4.90 Å². The molecule has 1 aliphatic heterocycles. The molecule has 2 nitrogen and oxygen atoms in total. The average Bonchev–Trinajstić information content (AvgIpc) is 2.15. The number of hydrogen-bond acceptors (Lipinski definition) is 2. The zero-order valence-corrected chi connectivity index (χ0v) is 8.93. The molecule has 1 fully saturated rings. The fraction of sp³-hybridized carbons (Fsp3) is 1.00. The third kappa shape index (κ3) is 4.38. The van der Waals surface area contributed by atoms with E-state index in [1.54, 1.807) is 4.90 Å². The Balaban J connectivity index is 2.32. The van der Waals surface area contributed by atoms with E-state index in [1.165, 1.54) is 0 Å². The summed E-state index contributed by atoms with van der Waals surface area (Å²) < 4.78 is 36.0. The van der Waals surface area contributed by atoms with Gasteiger partial charge in [0.05, 0.1) is 12.5 Å². The topological polar surface area (TPSA) is 23.5 Å². The van der Waals surface area contributed by atoms with Gasteiger partial charge in [-0.15, -0.1) is 0 Å². The lowest BCUT2D eigenvalue weighted by atomic mass is 9.92. The molecular formula is C10H18F3NO. The third-order valence-electron chi connectivity index (χ3n) is 3.01. The van der Waals surface area contributed by atoms with Crippen LogP contribution in [-0.4, -0.2) is 41.9 Å². The minimum absolute atomic E-state index is 0.0622. The molecule has 0 aliphatic carbocycles. The van der Waals surface area contributed by atoms with Gasteiger partial charge in [-0.2, -0.15) is 13.2 Å². The van der Waals surface area contributed by atoms with E-state index in [4.69, 9.17) is 0 Å². The molecule has 15 heavy (non-hydrogen) atoms. The Morgan fingerprint density at radius 3 is 2.60 bits per heavy atom. The van der Waals surface area contributed by atoms with E-state index in [-0.39, 0.29) is 18.6 Å². The maximum Gasteiger partial charge on any atom is 0.390 e. The predicted octanol–water partition coefficient (Wildman–Crippen LogP) is 2.03. The van der Waals surface area contributed by atoms with Crippen LogP contribution < -0.4 is 0 Å². The van der Waals surface area contributed by atoms with Crippen molar-refractivity contribution in [3.05, 3.63) is 0 Å². The van der Waals surface area contributed by atoms with Gasteiger partial charge in [0.15, 0.2) is 0 Å². The van der Waals surface area contributed by atoms with Crippen LogP contribution in [0.4, 0.5) is 13.2 Å². The van der Waals surface area contributed by atoms with Gasteiger partial charge in [0.2, 0.25) is 0 Å². The quantitative estimate of drug-likeness (QED) is 0.794. The molecular weight excluding hydrogens is 207 g/mol. The van der Waals surface area contributed by atoms with Gasteiger partial charge in [-0.1, -0.05) is 6.92 Å². The second-order valence-electron chi connectivity index (χ2n) is 4.19. The number of piperidine rings is 1. The minimum Gasteiger partial charge on any atom is -0.393 e. The predicted molar refractivity (Wildman–Crippen MR) is 51.5 cm³/mol. The molecule has 1 saturated heterocycles. The van der Waals surface area contributed by atoms with Crippen LogP contribution in [0.3, 0.4) is 0 Å². The SMILES string of the molecule is CCC1CN(CCC(F)(F)F)CCC1O. The number of hydrogen-bond donors (Lipinski definition) is 1. The fourth-order valence-corrected chi connectivity index (χ4v) is 1.98. The molecule has 2 unspecified atom stereocenters. The van der Waals surface area contributed by atoms with E-state index < -0.39 is 12.6 Å². The summed E-state index contributed by atoms with van der Waals surface area (Å²) in [6.45, 7) is 3.19. The van der Waals surface area contributed by atoms with Crippen LogP contribution in [0.2, 0.25) is 0 Å². The Hall–Kier alpha value is -0.290. The second kappa shape index (κ2) is 5.16. The van der Waals surface area contributed by atoms with E-state index in [9.17, 15) is 18.3 Å². The van der Waals surface area contributed by atoms with Crippen LogP contribution in [0.1, 0.15) is 26.2 Å². The van der Waals surface area contributed by atoms with Crippen molar-refractivity contribution in [3.63, 3.8) is 0 Å². The molecule has 0 radical (unpaired) electrons. The molecule has 5 heteroatoms. The molecule has 1 rings (SSSR count). The highest BCUT2D eigenvalue weighted by Crippen LogP contribution is 2.23. The van der Waals surface area contributed by atoms with Crippen LogP contribution in [-0.2, 0) is 0 Å². The molecule has 0 spiro atoms. The highest BCUT2D eigenvalue weighted by molar-refractivity contribution is 4.79. The maximum atomic E-state index is 12.0. The molecule has 2 atom stereocenters. The average molecular weight is 225 g/mol. The van der Waals surface area contributed by atoms with Gasteiger partial charge in [0.1, 0.15) is 0 Å². The number of rotatable bonds is 3. The van der Waals surface area contributed by atoms with E-state index in [0.29, 0.717) is 19.5 Å². The van der Waals surface area contributed by atoms with Crippen molar-refractivity contribution < 1.29 is 18.3 Å². The maximum absolute atomic E-state index is 12.0. The first-order valence-electron chi connectivity index (χ1n) is 5.39. The van der Waals surface area contributed by atoms with Crippen molar-refractivity contribution in [2.24, 2.45) is 5.92 Å². The lowest BCUT2D eigenvalue weighted by Crippen LogP contribution is -2.43. The van der Waals surface area contributed by atoms with Crippen LogP contribution in [0.15, 0.2) is 0 Å². The zero-order chi connectivity index (χ0) is 11.5. The zero-order valence-electron chi connectivity index (χ0n) is 8.93. The number of halogens is 3. The molecule has 0 amide bonds. The number of alkyl halides is 3. The van der Waals surface area contributed by atoms with E-state index in [0.717, 1.165) is 6.42 Å². The summed E-state index contributed by atoms with van der Waals surface area (Å²) in [4.78, 5) is 1.80. The summed E-state index contributed by atoms with van der Waals surface area (Å²) in [5.74, 6) is 0.131. The molecule has 0 bridgehead atoms. The van der Waals surface area contributed by atoms with E-state index in [1.807, 2.05) is 6.92 Å². The first-order chi connectivity index (χ1) is 6.92. The number of likely N-dealkylation sites (tertiary alicyclic amines) is 1. The van der Waals surface area contributed by atoms with Gasteiger partial charge in [-0.05, 0) is 18.8 Å².